The van der Waals surface area contributed by atoms with E-state index in [9.17, 15) is 13.6 Å². The average Bonchev–Trinajstić information content (AvgIpc) is 2.53. The maximum Gasteiger partial charge on any atom is 0.387 e. The second-order valence-corrected chi connectivity index (χ2v) is 6.12. The zero-order chi connectivity index (χ0) is 18.5. The van der Waals surface area contributed by atoms with Gasteiger partial charge in [-0.3, -0.25) is 4.79 Å². The van der Waals surface area contributed by atoms with Gasteiger partial charge in [-0.1, -0.05) is 13.8 Å². The number of alkyl halides is 2. The minimum absolute atomic E-state index is 0. The van der Waals surface area contributed by atoms with Gasteiger partial charge >= 0.3 is 6.61 Å². The molecule has 0 spiro atoms. The molecule has 0 atom stereocenters. The van der Waals surface area contributed by atoms with Crippen molar-refractivity contribution in [3.05, 3.63) is 17.7 Å². The molecule has 2 N–H and O–H groups in total. The molecule has 1 aromatic rings. The summed E-state index contributed by atoms with van der Waals surface area (Å²) in [6.07, 6.45) is 0. The van der Waals surface area contributed by atoms with Crippen LogP contribution >= 0.6 is 12.4 Å². The molecule has 0 aliphatic rings. The molecule has 0 fully saturated rings. The molecule has 1 aromatic carbocycles. The molecule has 0 aromatic heterocycles. The first-order chi connectivity index (χ1) is 11.1. The fourth-order valence-electron chi connectivity index (χ4n) is 2.21. The maximum absolute atomic E-state index is 12.6. The molecule has 0 aliphatic heterocycles. The van der Waals surface area contributed by atoms with Crippen LogP contribution in [-0.2, 0) is 0 Å². The zero-order valence-electron chi connectivity index (χ0n) is 15.0. The van der Waals surface area contributed by atoms with E-state index in [0.29, 0.717) is 13.1 Å². The van der Waals surface area contributed by atoms with Gasteiger partial charge in [0.1, 0.15) is 0 Å². The fourth-order valence-corrected chi connectivity index (χ4v) is 2.21. The van der Waals surface area contributed by atoms with E-state index >= 15 is 0 Å². The Morgan fingerprint density at radius 2 is 1.72 bits per heavy atom. The molecule has 0 saturated heterocycles. The molecule has 0 radical (unpaired) electrons. The monoisotopic (exact) mass is 382 g/mol. The summed E-state index contributed by atoms with van der Waals surface area (Å²) in [7, 11) is 4.23. The standard InChI is InChI=1S/C16H24F2N2O4.ClH/c1-16(2,8-19)9-20(3)14(21)10-6-11(22-4)13(24-15(17)18)12(7-10)23-5;/h6-7,15H,8-9,19H2,1-5H3;1H. The number of methoxy groups -OCH3 is 2. The zero-order valence-corrected chi connectivity index (χ0v) is 15.8. The van der Waals surface area contributed by atoms with E-state index in [1.165, 1.54) is 31.3 Å². The Morgan fingerprint density at radius 1 is 1.24 bits per heavy atom. The van der Waals surface area contributed by atoms with E-state index in [2.05, 4.69) is 4.74 Å². The lowest BCUT2D eigenvalue weighted by Crippen LogP contribution is -2.39. The number of nitrogens with zero attached hydrogens (tertiary/aromatic N) is 1. The number of rotatable bonds is 8. The number of nitrogens with two attached hydrogens (primary N) is 1. The van der Waals surface area contributed by atoms with Gasteiger partial charge in [0.25, 0.3) is 5.91 Å². The third-order valence-corrected chi connectivity index (χ3v) is 3.48. The lowest BCUT2D eigenvalue weighted by molar-refractivity contribution is -0.0526. The van der Waals surface area contributed by atoms with E-state index in [0.717, 1.165) is 0 Å². The van der Waals surface area contributed by atoms with E-state index in [1.54, 1.807) is 7.05 Å². The largest absolute Gasteiger partial charge is 0.493 e. The summed E-state index contributed by atoms with van der Waals surface area (Å²) < 4.78 is 39.6. The van der Waals surface area contributed by atoms with E-state index in [-0.39, 0.29) is 46.5 Å². The number of carbonyl (C=O) groups excluding carboxylic acids is 1. The van der Waals surface area contributed by atoms with Crippen LogP contribution in [0.1, 0.15) is 24.2 Å². The maximum atomic E-state index is 12.6. The quantitative estimate of drug-likeness (QED) is 0.748. The fraction of sp³-hybridized carbons (Fsp3) is 0.562. The summed E-state index contributed by atoms with van der Waals surface area (Å²) in [4.78, 5) is 14.1. The van der Waals surface area contributed by atoms with Gasteiger partial charge in [-0.15, -0.1) is 12.4 Å². The molecule has 0 heterocycles. The normalized spacial score (nSPS) is 10.9. The van der Waals surface area contributed by atoms with Gasteiger partial charge in [-0.2, -0.15) is 8.78 Å². The molecular formula is C16H25ClF2N2O4. The minimum Gasteiger partial charge on any atom is -0.493 e. The molecule has 0 aliphatic carbocycles. The molecule has 0 bridgehead atoms. The van der Waals surface area contributed by atoms with Crippen LogP contribution in [0.25, 0.3) is 0 Å². The van der Waals surface area contributed by atoms with Crippen molar-refractivity contribution >= 4 is 18.3 Å². The third-order valence-electron chi connectivity index (χ3n) is 3.48. The number of amides is 1. The summed E-state index contributed by atoms with van der Waals surface area (Å²) in [6, 6.07) is 2.68. The van der Waals surface area contributed by atoms with Crippen LogP contribution in [-0.4, -0.2) is 51.8 Å². The van der Waals surface area contributed by atoms with Crippen molar-refractivity contribution in [1.29, 1.82) is 0 Å². The predicted octanol–water partition coefficient (Wildman–Crippen LogP) is 2.78. The van der Waals surface area contributed by atoms with Crippen molar-refractivity contribution in [2.75, 3.05) is 34.4 Å². The van der Waals surface area contributed by atoms with Crippen LogP contribution in [0, 0.1) is 5.41 Å². The number of ether oxygens (including phenoxy) is 3. The average molecular weight is 383 g/mol. The highest BCUT2D eigenvalue weighted by Gasteiger charge is 2.25. The summed E-state index contributed by atoms with van der Waals surface area (Å²) in [5.41, 5.74) is 5.67. The Kier molecular flexibility index (Phi) is 8.93. The Labute approximate surface area is 152 Å². The molecule has 6 nitrogen and oxygen atoms in total. The van der Waals surface area contributed by atoms with Crippen LogP contribution in [0.15, 0.2) is 12.1 Å². The predicted molar refractivity (Wildman–Crippen MR) is 93.2 cm³/mol. The Bertz CT molecular complexity index is 560. The number of halogens is 3. The second kappa shape index (κ2) is 9.62. The summed E-state index contributed by atoms with van der Waals surface area (Å²) >= 11 is 0. The van der Waals surface area contributed by atoms with Crippen LogP contribution in [0.3, 0.4) is 0 Å². The molecule has 1 amide bonds. The van der Waals surface area contributed by atoms with E-state index in [1.807, 2.05) is 13.8 Å². The van der Waals surface area contributed by atoms with Crippen molar-refractivity contribution in [3.8, 4) is 17.2 Å². The first kappa shape index (κ1) is 23.2. The van der Waals surface area contributed by atoms with E-state index in [4.69, 9.17) is 15.2 Å². The number of hydrogen-bond acceptors (Lipinski definition) is 5. The molecule has 9 heteroatoms. The van der Waals surface area contributed by atoms with Crippen molar-refractivity contribution in [2.24, 2.45) is 11.1 Å². The second-order valence-electron chi connectivity index (χ2n) is 6.12. The molecule has 25 heavy (non-hydrogen) atoms. The van der Waals surface area contributed by atoms with Gasteiger partial charge in [-0.05, 0) is 24.1 Å². The van der Waals surface area contributed by atoms with Crippen LogP contribution in [0.2, 0.25) is 0 Å². The highest BCUT2D eigenvalue weighted by Crippen LogP contribution is 2.39. The minimum atomic E-state index is -3.04. The number of benzene rings is 1. The number of carbonyl (C=O) groups is 1. The topological polar surface area (TPSA) is 74.0 Å². The van der Waals surface area contributed by atoms with Crippen molar-refractivity contribution < 1.29 is 27.8 Å². The van der Waals surface area contributed by atoms with Gasteiger partial charge in [0.2, 0.25) is 5.75 Å². The first-order valence-corrected chi connectivity index (χ1v) is 7.31. The lowest BCUT2D eigenvalue weighted by Gasteiger charge is -2.29. The lowest BCUT2D eigenvalue weighted by atomic mass is 9.93. The van der Waals surface area contributed by atoms with Crippen LogP contribution in [0.5, 0.6) is 17.2 Å². The highest BCUT2D eigenvalue weighted by atomic mass is 35.5. The molecule has 0 saturated carbocycles. The van der Waals surface area contributed by atoms with Gasteiger partial charge in [0, 0.05) is 19.2 Å². The summed E-state index contributed by atoms with van der Waals surface area (Å²) in [5.74, 6) is -0.581. The number of hydrogen-bond donors (Lipinski definition) is 1. The Balaban J connectivity index is 0.00000576. The molecule has 0 unspecified atom stereocenters. The van der Waals surface area contributed by atoms with Gasteiger partial charge in [-0.25, -0.2) is 0 Å². The van der Waals surface area contributed by atoms with Crippen molar-refractivity contribution in [3.63, 3.8) is 0 Å². The third kappa shape index (κ3) is 6.21. The first-order valence-electron chi connectivity index (χ1n) is 7.31. The smallest absolute Gasteiger partial charge is 0.387 e. The Morgan fingerprint density at radius 3 is 2.08 bits per heavy atom. The highest BCUT2D eigenvalue weighted by molar-refractivity contribution is 5.95. The summed E-state index contributed by atoms with van der Waals surface area (Å²) in [5, 5.41) is 0. The van der Waals surface area contributed by atoms with Gasteiger partial charge in [0.15, 0.2) is 11.5 Å². The van der Waals surface area contributed by atoms with Crippen LogP contribution in [0.4, 0.5) is 8.78 Å². The molecular weight excluding hydrogens is 358 g/mol. The van der Waals surface area contributed by atoms with Crippen molar-refractivity contribution in [1.82, 2.24) is 4.90 Å². The molecule has 144 valence electrons. The van der Waals surface area contributed by atoms with Crippen LogP contribution < -0.4 is 19.9 Å². The van der Waals surface area contributed by atoms with Crippen molar-refractivity contribution in [2.45, 2.75) is 20.5 Å². The molecule has 1 rings (SSSR count). The van der Waals surface area contributed by atoms with Gasteiger partial charge < -0.3 is 24.8 Å². The SMILES string of the molecule is COc1cc(C(=O)N(C)CC(C)(C)CN)cc(OC)c1OC(F)F.Cl. The summed E-state index contributed by atoms with van der Waals surface area (Å²) in [6.45, 7) is 1.69. The van der Waals surface area contributed by atoms with E-state index < -0.39 is 6.61 Å². The van der Waals surface area contributed by atoms with Gasteiger partial charge in [0.05, 0.1) is 14.2 Å². The Hall–Kier alpha value is -1.80.